The van der Waals surface area contributed by atoms with Crippen molar-refractivity contribution in [2.45, 2.75) is 13.5 Å². The minimum absolute atomic E-state index is 0.0649. The number of nitrogens with zero attached hydrogens (tertiary/aromatic N) is 3. The summed E-state index contributed by atoms with van der Waals surface area (Å²) in [5.41, 5.74) is 0.482. The van der Waals surface area contributed by atoms with Crippen molar-refractivity contribution < 1.29 is 4.79 Å². The molecule has 2 N–H and O–H groups in total. The first kappa shape index (κ1) is 17.8. The summed E-state index contributed by atoms with van der Waals surface area (Å²) in [6.07, 6.45) is 0. The van der Waals surface area contributed by atoms with Crippen LogP contribution in [0.1, 0.15) is 12.7 Å². The van der Waals surface area contributed by atoms with Crippen LogP contribution >= 0.6 is 11.6 Å². The average Bonchev–Trinajstić information content (AvgIpc) is 2.58. The van der Waals surface area contributed by atoms with Gasteiger partial charge >= 0.3 is 0 Å². The molecule has 0 spiro atoms. The van der Waals surface area contributed by atoms with E-state index in [1.807, 2.05) is 6.92 Å². The normalized spacial score (nSPS) is 16.2. The molecular formula is C17H22ClN5O2. The molecule has 1 saturated heterocycles. The number of likely N-dealkylation sites (N-methyl/N-ethyl adjacent to an activating group) is 1. The standard InChI is InChI=1S/C17H22ClN5O2/c1-2-19-16(24)11-23-7-5-22(6-8-23)10-15-20-14-4-3-12(18)9-13(14)17(25)21-15/h3-4,9H,2,5-8,10-11H2,1H3,(H,19,24)(H,20,21,25). The largest absolute Gasteiger partial charge is 0.355 e. The van der Waals surface area contributed by atoms with Gasteiger partial charge in [0, 0.05) is 37.7 Å². The van der Waals surface area contributed by atoms with E-state index < -0.39 is 0 Å². The average molecular weight is 364 g/mol. The molecule has 8 heteroatoms. The lowest BCUT2D eigenvalue weighted by Gasteiger charge is -2.33. The van der Waals surface area contributed by atoms with E-state index in [9.17, 15) is 9.59 Å². The number of benzene rings is 1. The van der Waals surface area contributed by atoms with E-state index in [1.54, 1.807) is 18.2 Å². The maximum atomic E-state index is 12.2. The number of piperazine rings is 1. The third kappa shape index (κ3) is 4.56. The van der Waals surface area contributed by atoms with Crippen molar-refractivity contribution in [2.24, 2.45) is 0 Å². The summed E-state index contributed by atoms with van der Waals surface area (Å²) in [4.78, 5) is 35.6. The summed E-state index contributed by atoms with van der Waals surface area (Å²) in [6.45, 7) is 6.92. The highest BCUT2D eigenvalue weighted by Gasteiger charge is 2.19. The zero-order valence-corrected chi connectivity index (χ0v) is 15.0. The van der Waals surface area contributed by atoms with E-state index in [4.69, 9.17) is 11.6 Å². The van der Waals surface area contributed by atoms with Gasteiger partial charge in [-0.1, -0.05) is 11.6 Å². The molecule has 1 aliphatic heterocycles. The van der Waals surface area contributed by atoms with E-state index in [2.05, 4.69) is 25.1 Å². The van der Waals surface area contributed by atoms with E-state index >= 15 is 0 Å². The van der Waals surface area contributed by atoms with Crippen molar-refractivity contribution in [1.82, 2.24) is 25.1 Å². The molecule has 0 unspecified atom stereocenters. The van der Waals surface area contributed by atoms with Gasteiger partial charge in [0.05, 0.1) is 24.0 Å². The molecule has 1 amide bonds. The first-order valence-electron chi connectivity index (χ1n) is 8.45. The zero-order chi connectivity index (χ0) is 17.8. The minimum Gasteiger partial charge on any atom is -0.355 e. The number of carbonyl (C=O) groups is 1. The monoisotopic (exact) mass is 363 g/mol. The fraction of sp³-hybridized carbons (Fsp3) is 0.471. The number of halogens is 1. The van der Waals surface area contributed by atoms with Crippen molar-refractivity contribution in [3.63, 3.8) is 0 Å². The molecule has 3 rings (SSSR count). The van der Waals surface area contributed by atoms with E-state index in [0.717, 1.165) is 26.2 Å². The Morgan fingerprint density at radius 2 is 2.00 bits per heavy atom. The Balaban J connectivity index is 1.61. The lowest BCUT2D eigenvalue weighted by atomic mass is 10.2. The second-order valence-corrected chi connectivity index (χ2v) is 6.62. The van der Waals surface area contributed by atoms with Crippen LogP contribution in [0.2, 0.25) is 5.02 Å². The summed E-state index contributed by atoms with van der Waals surface area (Å²) in [5.74, 6) is 0.715. The molecule has 0 bridgehead atoms. The number of aromatic amines is 1. The zero-order valence-electron chi connectivity index (χ0n) is 14.2. The van der Waals surface area contributed by atoms with Crippen molar-refractivity contribution in [3.05, 3.63) is 39.4 Å². The number of carbonyl (C=O) groups excluding carboxylic acids is 1. The van der Waals surface area contributed by atoms with Crippen LogP contribution in [0, 0.1) is 0 Å². The molecule has 1 aliphatic rings. The second kappa shape index (κ2) is 7.95. The molecule has 2 heterocycles. The van der Waals surface area contributed by atoms with Gasteiger partial charge in [-0.25, -0.2) is 4.98 Å². The molecule has 134 valence electrons. The molecule has 1 aromatic carbocycles. The highest BCUT2D eigenvalue weighted by Crippen LogP contribution is 2.15. The van der Waals surface area contributed by atoms with Gasteiger partial charge < -0.3 is 10.3 Å². The predicted molar refractivity (Wildman–Crippen MR) is 97.8 cm³/mol. The molecule has 1 aromatic heterocycles. The summed E-state index contributed by atoms with van der Waals surface area (Å²) in [7, 11) is 0. The van der Waals surface area contributed by atoms with Crippen molar-refractivity contribution in [3.8, 4) is 0 Å². The molecule has 0 radical (unpaired) electrons. The number of nitrogens with one attached hydrogen (secondary N) is 2. The maximum absolute atomic E-state index is 12.2. The maximum Gasteiger partial charge on any atom is 0.258 e. The smallest absolute Gasteiger partial charge is 0.258 e. The van der Waals surface area contributed by atoms with Gasteiger partial charge in [-0.3, -0.25) is 19.4 Å². The highest BCUT2D eigenvalue weighted by molar-refractivity contribution is 6.31. The third-order valence-electron chi connectivity index (χ3n) is 4.30. The molecular weight excluding hydrogens is 342 g/mol. The van der Waals surface area contributed by atoms with E-state index in [0.29, 0.717) is 41.4 Å². The fourth-order valence-electron chi connectivity index (χ4n) is 3.01. The lowest BCUT2D eigenvalue weighted by molar-refractivity contribution is -0.122. The van der Waals surface area contributed by atoms with Crippen molar-refractivity contribution >= 4 is 28.4 Å². The number of aromatic nitrogens is 2. The van der Waals surface area contributed by atoms with Crippen molar-refractivity contribution in [2.75, 3.05) is 39.3 Å². The summed E-state index contributed by atoms with van der Waals surface area (Å²) >= 11 is 5.93. The molecule has 0 saturated carbocycles. The van der Waals surface area contributed by atoms with Gasteiger partial charge in [-0.05, 0) is 25.1 Å². The van der Waals surface area contributed by atoms with Gasteiger partial charge in [-0.15, -0.1) is 0 Å². The Bertz CT molecular complexity index is 814. The topological polar surface area (TPSA) is 81.3 Å². The van der Waals surface area contributed by atoms with Crippen LogP contribution in [0.4, 0.5) is 0 Å². The first-order valence-corrected chi connectivity index (χ1v) is 8.83. The van der Waals surface area contributed by atoms with Crippen molar-refractivity contribution in [1.29, 1.82) is 0 Å². The summed E-state index contributed by atoms with van der Waals surface area (Å²) in [6, 6.07) is 5.13. The van der Waals surface area contributed by atoms with E-state index in [1.165, 1.54) is 0 Å². The van der Waals surface area contributed by atoms with Crippen LogP contribution in [0.5, 0.6) is 0 Å². The van der Waals surface area contributed by atoms with Gasteiger partial charge in [-0.2, -0.15) is 0 Å². The molecule has 1 fully saturated rings. The molecule has 0 atom stereocenters. The molecule has 7 nitrogen and oxygen atoms in total. The van der Waals surface area contributed by atoms with Crippen LogP contribution < -0.4 is 10.9 Å². The fourth-order valence-corrected chi connectivity index (χ4v) is 3.18. The van der Waals surface area contributed by atoms with Crippen LogP contribution in [0.25, 0.3) is 10.9 Å². The first-order chi connectivity index (χ1) is 12.0. The second-order valence-electron chi connectivity index (χ2n) is 6.18. The van der Waals surface area contributed by atoms with Gasteiger partial charge in [0.1, 0.15) is 5.82 Å². The lowest BCUT2D eigenvalue weighted by Crippen LogP contribution is -2.49. The van der Waals surface area contributed by atoms with Crippen LogP contribution in [0.3, 0.4) is 0 Å². The van der Waals surface area contributed by atoms with E-state index in [-0.39, 0.29) is 11.5 Å². The summed E-state index contributed by atoms with van der Waals surface area (Å²) in [5, 5.41) is 3.84. The van der Waals surface area contributed by atoms with Gasteiger partial charge in [0.2, 0.25) is 5.91 Å². The number of fused-ring (bicyclic) bond motifs is 1. The van der Waals surface area contributed by atoms with Gasteiger partial charge in [0.25, 0.3) is 5.56 Å². The number of rotatable bonds is 5. The summed E-state index contributed by atoms with van der Waals surface area (Å²) < 4.78 is 0. The van der Waals surface area contributed by atoms with Crippen LogP contribution in [-0.2, 0) is 11.3 Å². The minimum atomic E-state index is -0.169. The SMILES string of the molecule is CCNC(=O)CN1CCN(Cc2nc3ccc(Cl)cc3c(=O)[nH]2)CC1. The Labute approximate surface area is 151 Å². The molecule has 2 aromatic rings. The molecule has 0 aliphatic carbocycles. The predicted octanol–water partition coefficient (Wildman–Crippen LogP) is 0.830. The molecule has 25 heavy (non-hydrogen) atoms. The van der Waals surface area contributed by atoms with Crippen LogP contribution in [0.15, 0.2) is 23.0 Å². The van der Waals surface area contributed by atoms with Crippen LogP contribution in [-0.4, -0.2) is 64.9 Å². The Morgan fingerprint density at radius 1 is 1.28 bits per heavy atom. The number of amides is 1. The quantitative estimate of drug-likeness (QED) is 0.822. The van der Waals surface area contributed by atoms with Gasteiger partial charge in [0.15, 0.2) is 0 Å². The Kier molecular flexibility index (Phi) is 5.67. The third-order valence-corrected chi connectivity index (χ3v) is 4.53. The Morgan fingerprint density at radius 3 is 2.72 bits per heavy atom. The highest BCUT2D eigenvalue weighted by atomic mass is 35.5. The number of hydrogen-bond donors (Lipinski definition) is 2. The Hall–Kier alpha value is -1.96. The number of hydrogen-bond acceptors (Lipinski definition) is 5. The number of H-pyrrole nitrogens is 1.